The van der Waals surface area contributed by atoms with Crippen molar-refractivity contribution < 1.29 is 9.47 Å². The molecule has 1 N–H and O–H groups in total. The molecule has 2 aromatic carbocycles. The Morgan fingerprint density at radius 2 is 2.04 bits per heavy atom. The van der Waals surface area contributed by atoms with Gasteiger partial charge in [0, 0.05) is 15.7 Å². The van der Waals surface area contributed by atoms with Crippen LogP contribution in [0.5, 0.6) is 11.6 Å². The molecule has 0 saturated heterocycles. The standard InChI is InChI=1S/C18H15BrN4O2S/c1-24-14-8-7-10(19)9-12(14)16-20-13-6-4-3-5-11(13)15-17(25-16)21-18(26-2)23-22-15/h3-9,16,20H,1-2H3/t16-/m0/s1. The van der Waals surface area contributed by atoms with Gasteiger partial charge < -0.3 is 14.8 Å². The zero-order chi connectivity index (χ0) is 18.1. The molecule has 6 nitrogen and oxygen atoms in total. The molecule has 0 unspecified atom stereocenters. The van der Waals surface area contributed by atoms with Crippen molar-refractivity contribution in [2.75, 3.05) is 18.7 Å². The molecule has 0 bridgehead atoms. The Bertz CT molecular complexity index is 970. The van der Waals surface area contributed by atoms with Gasteiger partial charge in [-0.05, 0) is 30.5 Å². The number of nitrogens with one attached hydrogen (secondary N) is 1. The molecule has 1 aromatic heterocycles. The Hall–Kier alpha value is -2.32. The first kappa shape index (κ1) is 17.1. The lowest BCUT2D eigenvalue weighted by Gasteiger charge is -2.21. The van der Waals surface area contributed by atoms with E-state index in [1.54, 1.807) is 7.11 Å². The van der Waals surface area contributed by atoms with E-state index in [0.29, 0.717) is 16.7 Å². The lowest BCUT2D eigenvalue weighted by atomic mass is 10.1. The van der Waals surface area contributed by atoms with E-state index in [1.807, 2.05) is 48.7 Å². The quantitative estimate of drug-likeness (QED) is 0.611. The summed E-state index contributed by atoms with van der Waals surface area (Å²) in [5.41, 5.74) is 3.26. The van der Waals surface area contributed by atoms with Crippen LogP contribution in [0.15, 0.2) is 52.1 Å². The summed E-state index contributed by atoms with van der Waals surface area (Å²) < 4.78 is 12.7. The molecule has 132 valence electrons. The van der Waals surface area contributed by atoms with Gasteiger partial charge in [0.1, 0.15) is 5.75 Å². The van der Waals surface area contributed by atoms with Crippen molar-refractivity contribution in [3.63, 3.8) is 0 Å². The molecule has 2 heterocycles. The first-order valence-electron chi connectivity index (χ1n) is 7.84. The van der Waals surface area contributed by atoms with E-state index >= 15 is 0 Å². The van der Waals surface area contributed by atoms with E-state index in [4.69, 9.17) is 9.47 Å². The van der Waals surface area contributed by atoms with Crippen molar-refractivity contribution in [2.24, 2.45) is 0 Å². The summed E-state index contributed by atoms with van der Waals surface area (Å²) in [6.07, 6.45) is 1.41. The van der Waals surface area contributed by atoms with Crippen LogP contribution in [0, 0.1) is 0 Å². The third-order valence-electron chi connectivity index (χ3n) is 3.99. The number of anilines is 1. The van der Waals surface area contributed by atoms with E-state index < -0.39 is 6.23 Å². The maximum absolute atomic E-state index is 6.23. The van der Waals surface area contributed by atoms with Gasteiger partial charge in [0.05, 0.1) is 12.7 Å². The largest absolute Gasteiger partial charge is 0.496 e. The Kier molecular flexibility index (Phi) is 4.69. The van der Waals surface area contributed by atoms with E-state index in [2.05, 4.69) is 36.4 Å². The Balaban J connectivity index is 1.89. The third kappa shape index (κ3) is 3.10. The van der Waals surface area contributed by atoms with Crippen molar-refractivity contribution in [1.29, 1.82) is 0 Å². The number of nitrogens with zero attached hydrogens (tertiary/aromatic N) is 3. The second kappa shape index (κ2) is 7.13. The molecule has 0 aliphatic carbocycles. The van der Waals surface area contributed by atoms with Gasteiger partial charge in [-0.25, -0.2) is 0 Å². The Labute approximate surface area is 163 Å². The maximum atomic E-state index is 6.23. The summed E-state index contributed by atoms with van der Waals surface area (Å²) in [5, 5.41) is 12.5. The van der Waals surface area contributed by atoms with E-state index in [1.165, 1.54) is 11.8 Å². The molecule has 3 aromatic rings. The number of fused-ring (bicyclic) bond motifs is 3. The highest BCUT2D eigenvalue weighted by Gasteiger charge is 2.27. The van der Waals surface area contributed by atoms with Crippen LogP contribution in [0.3, 0.4) is 0 Å². The molecule has 1 aliphatic heterocycles. The van der Waals surface area contributed by atoms with Crippen LogP contribution in [0.25, 0.3) is 11.3 Å². The predicted molar refractivity (Wildman–Crippen MR) is 105 cm³/mol. The number of halogens is 1. The number of para-hydroxylation sites is 1. The monoisotopic (exact) mass is 430 g/mol. The van der Waals surface area contributed by atoms with Gasteiger partial charge >= 0.3 is 0 Å². The SMILES string of the molecule is COc1ccc(Br)cc1[C@H]1Nc2ccccc2-c2nnc(SC)nc2O1. The maximum Gasteiger partial charge on any atom is 0.247 e. The minimum atomic E-state index is -0.490. The van der Waals surface area contributed by atoms with Crippen LogP contribution in [0.1, 0.15) is 11.8 Å². The van der Waals surface area contributed by atoms with Gasteiger partial charge in [-0.3, -0.25) is 0 Å². The van der Waals surface area contributed by atoms with Crippen LogP contribution in [0.4, 0.5) is 5.69 Å². The molecule has 26 heavy (non-hydrogen) atoms. The van der Waals surface area contributed by atoms with Crippen molar-refractivity contribution in [3.8, 4) is 22.9 Å². The summed E-state index contributed by atoms with van der Waals surface area (Å²) in [5.74, 6) is 1.16. The molecule has 0 spiro atoms. The van der Waals surface area contributed by atoms with Crippen LogP contribution < -0.4 is 14.8 Å². The number of hydrogen-bond donors (Lipinski definition) is 1. The van der Waals surface area contributed by atoms with Crippen molar-refractivity contribution >= 4 is 33.4 Å². The molecule has 4 rings (SSSR count). The van der Waals surface area contributed by atoms with Crippen LogP contribution in [-0.4, -0.2) is 28.5 Å². The first-order valence-corrected chi connectivity index (χ1v) is 9.86. The fourth-order valence-corrected chi connectivity index (χ4v) is 3.46. The average molecular weight is 431 g/mol. The number of methoxy groups -OCH3 is 1. The molecule has 0 radical (unpaired) electrons. The third-order valence-corrected chi connectivity index (χ3v) is 5.02. The number of thioether (sulfide) groups is 1. The highest BCUT2D eigenvalue weighted by molar-refractivity contribution is 9.10. The zero-order valence-corrected chi connectivity index (χ0v) is 16.5. The van der Waals surface area contributed by atoms with Crippen LogP contribution in [0.2, 0.25) is 0 Å². The predicted octanol–water partition coefficient (Wildman–Crippen LogP) is 4.53. The highest BCUT2D eigenvalue weighted by Crippen LogP contribution is 2.41. The summed E-state index contributed by atoms with van der Waals surface area (Å²) >= 11 is 4.94. The fraction of sp³-hybridized carbons (Fsp3) is 0.167. The summed E-state index contributed by atoms with van der Waals surface area (Å²) in [6.45, 7) is 0. The van der Waals surface area contributed by atoms with E-state index in [9.17, 15) is 0 Å². The lowest BCUT2D eigenvalue weighted by molar-refractivity contribution is 0.219. The molecular weight excluding hydrogens is 416 g/mol. The van der Waals surface area contributed by atoms with Crippen molar-refractivity contribution in [2.45, 2.75) is 11.4 Å². The molecule has 1 atom stereocenters. The number of rotatable bonds is 3. The van der Waals surface area contributed by atoms with Gasteiger partial charge in [0.2, 0.25) is 17.3 Å². The summed E-state index contributed by atoms with van der Waals surface area (Å²) in [6, 6.07) is 13.7. The van der Waals surface area contributed by atoms with Gasteiger partial charge in [-0.1, -0.05) is 45.9 Å². The second-order valence-electron chi connectivity index (χ2n) is 5.53. The topological polar surface area (TPSA) is 69.2 Å². The number of hydrogen-bond acceptors (Lipinski definition) is 7. The van der Waals surface area contributed by atoms with Gasteiger partial charge in [0.15, 0.2) is 5.69 Å². The van der Waals surface area contributed by atoms with Crippen LogP contribution in [-0.2, 0) is 0 Å². The molecule has 1 aliphatic rings. The molecule has 0 amide bonds. The van der Waals surface area contributed by atoms with Crippen molar-refractivity contribution in [1.82, 2.24) is 15.2 Å². The van der Waals surface area contributed by atoms with E-state index in [-0.39, 0.29) is 0 Å². The average Bonchev–Trinajstić information content (AvgIpc) is 2.84. The molecule has 0 saturated carbocycles. The van der Waals surface area contributed by atoms with Gasteiger partial charge in [0.25, 0.3) is 0 Å². The number of benzene rings is 2. The van der Waals surface area contributed by atoms with Gasteiger partial charge in [-0.15, -0.1) is 10.2 Å². The molecule has 8 heteroatoms. The summed E-state index contributed by atoms with van der Waals surface area (Å²) in [4.78, 5) is 4.52. The number of aromatic nitrogens is 3. The Morgan fingerprint density at radius 3 is 2.85 bits per heavy atom. The highest BCUT2D eigenvalue weighted by atomic mass is 79.9. The molecular formula is C18H15BrN4O2S. The van der Waals surface area contributed by atoms with Crippen molar-refractivity contribution in [3.05, 3.63) is 52.5 Å². The minimum Gasteiger partial charge on any atom is -0.496 e. The normalized spacial score (nSPS) is 15.1. The Morgan fingerprint density at radius 1 is 1.19 bits per heavy atom. The second-order valence-corrected chi connectivity index (χ2v) is 7.22. The van der Waals surface area contributed by atoms with Crippen LogP contribution >= 0.6 is 27.7 Å². The number of ether oxygens (including phenoxy) is 2. The fourth-order valence-electron chi connectivity index (χ4n) is 2.78. The zero-order valence-electron chi connectivity index (χ0n) is 14.1. The molecule has 0 fully saturated rings. The lowest BCUT2D eigenvalue weighted by Crippen LogP contribution is -2.18. The minimum absolute atomic E-state index is 0.439. The van der Waals surface area contributed by atoms with Gasteiger partial charge in [-0.2, -0.15) is 4.98 Å². The first-order chi connectivity index (χ1) is 12.7. The summed E-state index contributed by atoms with van der Waals surface area (Å²) in [7, 11) is 1.64. The smallest absolute Gasteiger partial charge is 0.247 e. The van der Waals surface area contributed by atoms with E-state index in [0.717, 1.165) is 27.0 Å².